The third-order valence-corrected chi connectivity index (χ3v) is 3.74. The number of carbonyl (C=O) groups excluding carboxylic acids is 1. The normalized spacial score (nSPS) is 18.3. The van der Waals surface area contributed by atoms with Crippen LogP contribution in [0.4, 0.5) is 11.4 Å². The number of nitrogens with zero attached hydrogens (tertiary/aromatic N) is 1. The lowest BCUT2D eigenvalue weighted by Crippen LogP contribution is -2.22. The van der Waals surface area contributed by atoms with E-state index in [1.807, 2.05) is 12.1 Å². The van der Waals surface area contributed by atoms with Crippen LogP contribution in [-0.2, 0) is 4.74 Å². The number of aliphatic hydroxyl groups excluding tert-OH is 1. The van der Waals surface area contributed by atoms with Crippen molar-refractivity contribution >= 4 is 17.3 Å². The number of hydrogen-bond donors (Lipinski definition) is 2. The molecule has 1 aliphatic heterocycles. The molecular formula is C15H22N2O3. The molecule has 1 aromatic carbocycles. The second-order valence-electron chi connectivity index (χ2n) is 5.07. The molecule has 3 N–H and O–H groups in total. The first-order valence-corrected chi connectivity index (χ1v) is 7.08. The van der Waals surface area contributed by atoms with Gasteiger partial charge in [0.15, 0.2) is 0 Å². The van der Waals surface area contributed by atoms with Crippen LogP contribution in [0.1, 0.15) is 30.1 Å². The summed E-state index contributed by atoms with van der Waals surface area (Å²) in [6.45, 7) is 4.11. The van der Waals surface area contributed by atoms with E-state index in [9.17, 15) is 4.79 Å². The van der Waals surface area contributed by atoms with Crippen LogP contribution in [0.2, 0.25) is 0 Å². The number of aliphatic hydroxyl groups is 1. The van der Waals surface area contributed by atoms with Crippen LogP contribution in [0.15, 0.2) is 18.2 Å². The fraction of sp³-hybridized carbons (Fsp3) is 0.533. The molecule has 110 valence electrons. The van der Waals surface area contributed by atoms with Gasteiger partial charge in [-0.3, -0.25) is 0 Å². The first-order valence-electron chi connectivity index (χ1n) is 7.08. The van der Waals surface area contributed by atoms with Crippen molar-refractivity contribution in [1.29, 1.82) is 0 Å². The molecule has 1 fully saturated rings. The second kappa shape index (κ2) is 6.61. The van der Waals surface area contributed by atoms with Crippen LogP contribution in [0.3, 0.4) is 0 Å². The molecule has 1 aromatic rings. The molecule has 20 heavy (non-hydrogen) atoms. The van der Waals surface area contributed by atoms with Crippen LogP contribution < -0.4 is 10.6 Å². The highest BCUT2D eigenvalue weighted by Gasteiger charge is 2.25. The molecule has 0 aliphatic carbocycles. The molecule has 1 atom stereocenters. The van der Waals surface area contributed by atoms with E-state index < -0.39 is 0 Å². The zero-order valence-electron chi connectivity index (χ0n) is 11.8. The smallest absolute Gasteiger partial charge is 0.340 e. The highest BCUT2D eigenvalue weighted by atomic mass is 16.5. The molecule has 2 rings (SSSR count). The van der Waals surface area contributed by atoms with Crippen LogP contribution in [0.25, 0.3) is 0 Å². The van der Waals surface area contributed by atoms with Crippen LogP contribution >= 0.6 is 0 Å². The van der Waals surface area contributed by atoms with Gasteiger partial charge in [-0.2, -0.15) is 0 Å². The SMILES string of the molecule is CCOC(=O)c1cccc(N2CCC(CCO)C2)c1N. The van der Waals surface area contributed by atoms with Gasteiger partial charge in [-0.15, -0.1) is 0 Å². The lowest BCUT2D eigenvalue weighted by atomic mass is 10.1. The maximum Gasteiger partial charge on any atom is 0.340 e. The number of carbonyl (C=O) groups is 1. The molecule has 0 saturated carbocycles. The topological polar surface area (TPSA) is 75.8 Å². The average Bonchev–Trinajstić information content (AvgIpc) is 2.88. The first-order chi connectivity index (χ1) is 9.67. The van der Waals surface area contributed by atoms with E-state index >= 15 is 0 Å². The number of nitrogen functional groups attached to an aromatic ring is 1. The standard InChI is InChI=1S/C15H22N2O3/c1-2-20-15(19)12-4-3-5-13(14(12)16)17-8-6-11(10-17)7-9-18/h3-5,11,18H,2,6-10,16H2,1H3. The summed E-state index contributed by atoms with van der Waals surface area (Å²) in [5.41, 5.74) is 7.91. The number of nitrogens with two attached hydrogens (primary N) is 1. The van der Waals surface area contributed by atoms with E-state index in [0.29, 0.717) is 23.8 Å². The van der Waals surface area contributed by atoms with Gasteiger partial charge in [-0.05, 0) is 37.8 Å². The molecule has 5 nitrogen and oxygen atoms in total. The molecule has 0 radical (unpaired) electrons. The number of para-hydroxylation sites is 1. The largest absolute Gasteiger partial charge is 0.462 e. The third-order valence-electron chi connectivity index (χ3n) is 3.74. The maximum atomic E-state index is 11.8. The van der Waals surface area contributed by atoms with E-state index in [4.69, 9.17) is 15.6 Å². The van der Waals surface area contributed by atoms with Crippen molar-refractivity contribution in [2.24, 2.45) is 5.92 Å². The molecule has 0 aromatic heterocycles. The summed E-state index contributed by atoms with van der Waals surface area (Å²) in [6, 6.07) is 5.45. The van der Waals surface area contributed by atoms with Crippen LogP contribution in [0, 0.1) is 5.92 Å². The number of ether oxygens (including phenoxy) is 1. The van der Waals surface area contributed by atoms with Gasteiger partial charge in [0, 0.05) is 19.7 Å². The Morgan fingerprint density at radius 2 is 2.35 bits per heavy atom. The quantitative estimate of drug-likeness (QED) is 0.633. The van der Waals surface area contributed by atoms with Crippen molar-refractivity contribution in [2.45, 2.75) is 19.8 Å². The van der Waals surface area contributed by atoms with Crippen molar-refractivity contribution < 1.29 is 14.6 Å². The molecule has 0 spiro atoms. The second-order valence-corrected chi connectivity index (χ2v) is 5.07. The molecule has 1 saturated heterocycles. The Hall–Kier alpha value is -1.75. The Bertz CT molecular complexity index is 476. The van der Waals surface area contributed by atoms with Gasteiger partial charge < -0.3 is 20.5 Å². The van der Waals surface area contributed by atoms with E-state index in [0.717, 1.165) is 31.6 Å². The Morgan fingerprint density at radius 1 is 1.55 bits per heavy atom. The Balaban J connectivity index is 2.17. The minimum absolute atomic E-state index is 0.219. The molecule has 1 aliphatic rings. The number of esters is 1. The Kier molecular flexibility index (Phi) is 4.84. The van der Waals surface area contributed by atoms with Gasteiger partial charge in [0.2, 0.25) is 0 Å². The number of rotatable bonds is 5. The van der Waals surface area contributed by atoms with Gasteiger partial charge in [-0.1, -0.05) is 6.07 Å². The van der Waals surface area contributed by atoms with Gasteiger partial charge in [0.25, 0.3) is 0 Å². The fourth-order valence-corrected chi connectivity index (χ4v) is 2.69. The molecule has 1 heterocycles. The summed E-state index contributed by atoms with van der Waals surface area (Å²) in [7, 11) is 0. The Labute approximate surface area is 119 Å². The lowest BCUT2D eigenvalue weighted by molar-refractivity contribution is 0.0527. The maximum absolute atomic E-state index is 11.8. The van der Waals surface area contributed by atoms with E-state index in [1.54, 1.807) is 13.0 Å². The number of benzene rings is 1. The number of hydrogen-bond acceptors (Lipinski definition) is 5. The molecule has 5 heteroatoms. The summed E-state index contributed by atoms with van der Waals surface area (Å²) < 4.78 is 5.02. The van der Waals surface area contributed by atoms with Crippen molar-refractivity contribution in [1.82, 2.24) is 0 Å². The molecule has 1 unspecified atom stereocenters. The third kappa shape index (κ3) is 3.04. The molecule has 0 amide bonds. The minimum Gasteiger partial charge on any atom is -0.462 e. The monoisotopic (exact) mass is 278 g/mol. The number of anilines is 2. The average molecular weight is 278 g/mol. The van der Waals surface area contributed by atoms with Crippen molar-refractivity contribution in [2.75, 3.05) is 36.9 Å². The van der Waals surface area contributed by atoms with Gasteiger partial charge in [0.1, 0.15) is 0 Å². The van der Waals surface area contributed by atoms with E-state index in [-0.39, 0.29) is 12.6 Å². The van der Waals surface area contributed by atoms with Crippen molar-refractivity contribution in [3.63, 3.8) is 0 Å². The Morgan fingerprint density at radius 3 is 3.05 bits per heavy atom. The van der Waals surface area contributed by atoms with Crippen LogP contribution in [-0.4, -0.2) is 37.4 Å². The van der Waals surface area contributed by atoms with Gasteiger partial charge in [0.05, 0.1) is 23.5 Å². The van der Waals surface area contributed by atoms with Gasteiger partial charge >= 0.3 is 5.97 Å². The van der Waals surface area contributed by atoms with E-state index in [1.165, 1.54) is 0 Å². The minimum atomic E-state index is -0.377. The summed E-state index contributed by atoms with van der Waals surface area (Å²) >= 11 is 0. The zero-order chi connectivity index (χ0) is 14.5. The van der Waals surface area contributed by atoms with Crippen molar-refractivity contribution in [3.8, 4) is 0 Å². The van der Waals surface area contributed by atoms with Gasteiger partial charge in [-0.25, -0.2) is 4.79 Å². The lowest BCUT2D eigenvalue weighted by Gasteiger charge is -2.21. The fourth-order valence-electron chi connectivity index (χ4n) is 2.69. The first kappa shape index (κ1) is 14.7. The van der Waals surface area contributed by atoms with E-state index in [2.05, 4.69) is 4.90 Å². The predicted octanol–water partition coefficient (Wildman–Crippen LogP) is 1.65. The predicted molar refractivity (Wildman–Crippen MR) is 78.8 cm³/mol. The highest BCUT2D eigenvalue weighted by molar-refractivity contribution is 5.98. The summed E-state index contributed by atoms with van der Waals surface area (Å²) in [6.07, 6.45) is 1.86. The summed E-state index contributed by atoms with van der Waals surface area (Å²) in [4.78, 5) is 14.0. The molecular weight excluding hydrogens is 256 g/mol. The highest BCUT2D eigenvalue weighted by Crippen LogP contribution is 2.32. The molecule has 0 bridgehead atoms. The van der Waals surface area contributed by atoms with Crippen molar-refractivity contribution in [3.05, 3.63) is 23.8 Å². The zero-order valence-corrected chi connectivity index (χ0v) is 11.8. The summed E-state index contributed by atoms with van der Waals surface area (Å²) in [5, 5.41) is 9.01. The summed E-state index contributed by atoms with van der Waals surface area (Å²) in [5.74, 6) is 0.114. The van der Waals surface area contributed by atoms with Crippen LogP contribution in [0.5, 0.6) is 0 Å².